The minimum atomic E-state index is -1.22. The van der Waals surface area contributed by atoms with Crippen molar-refractivity contribution in [2.24, 2.45) is 11.3 Å². The molecule has 232 valence electrons. The van der Waals surface area contributed by atoms with E-state index in [-0.39, 0.29) is 36.5 Å². The van der Waals surface area contributed by atoms with Crippen LogP contribution in [-0.4, -0.2) is 65.5 Å². The molecule has 0 unspecified atom stereocenters. The average Bonchev–Trinajstić information content (AvgIpc) is 2.98. The van der Waals surface area contributed by atoms with Crippen molar-refractivity contribution in [2.45, 2.75) is 91.2 Å². The second-order valence-electron chi connectivity index (χ2n) is 12.1. The van der Waals surface area contributed by atoms with Gasteiger partial charge in [0.05, 0.1) is 25.2 Å². The van der Waals surface area contributed by atoms with Gasteiger partial charge >= 0.3 is 13.1 Å². The third kappa shape index (κ3) is 11.1. The van der Waals surface area contributed by atoms with Crippen LogP contribution in [0.2, 0.25) is 0 Å². The first-order valence-electron chi connectivity index (χ1n) is 14.9. The zero-order valence-corrected chi connectivity index (χ0v) is 25.7. The molecule has 1 aliphatic heterocycles. The Morgan fingerprint density at radius 2 is 1.88 bits per heavy atom. The third-order valence-electron chi connectivity index (χ3n) is 7.06. The maximum absolute atomic E-state index is 13.7. The Morgan fingerprint density at radius 3 is 2.53 bits per heavy atom. The van der Waals surface area contributed by atoms with Crippen molar-refractivity contribution in [1.82, 2.24) is 20.6 Å². The topological polar surface area (TPSA) is 146 Å². The van der Waals surface area contributed by atoms with Gasteiger partial charge in [-0.25, -0.2) is 9.78 Å². The second-order valence-corrected chi connectivity index (χ2v) is 12.1. The van der Waals surface area contributed by atoms with Crippen LogP contribution in [0.15, 0.2) is 48.9 Å². The van der Waals surface area contributed by atoms with Gasteiger partial charge in [0, 0.05) is 18.8 Å². The summed E-state index contributed by atoms with van der Waals surface area (Å²) in [7, 11) is -1.22. The van der Waals surface area contributed by atoms with E-state index in [9.17, 15) is 19.2 Å². The van der Waals surface area contributed by atoms with Crippen LogP contribution in [0.25, 0.3) is 0 Å². The molecule has 3 rings (SSSR count). The first kappa shape index (κ1) is 33.7. The number of nitrogens with zero attached hydrogens (tertiary/aromatic N) is 2. The molecule has 1 fully saturated rings. The molecule has 0 aliphatic carbocycles. The minimum absolute atomic E-state index is 0.0656. The molecule has 1 saturated heterocycles. The summed E-state index contributed by atoms with van der Waals surface area (Å²) in [5.41, 5.74) is 0.682. The Kier molecular flexibility index (Phi) is 12.7. The van der Waals surface area contributed by atoms with E-state index in [1.807, 2.05) is 58.0 Å². The molecule has 0 saturated carbocycles. The highest BCUT2D eigenvalue weighted by molar-refractivity contribution is 6.50. The highest BCUT2D eigenvalue weighted by Crippen LogP contribution is 2.25. The van der Waals surface area contributed by atoms with Gasteiger partial charge in [-0.1, -0.05) is 77.8 Å². The number of rotatable bonds is 15. The zero-order chi connectivity index (χ0) is 31.4. The largest absolute Gasteiger partial charge is 0.551 e. The molecule has 2 amide bonds. The van der Waals surface area contributed by atoms with Gasteiger partial charge in [0.15, 0.2) is 6.10 Å². The number of unbranched alkanes of at least 4 members (excludes halogenated alkanes) is 1. The Hall–Kier alpha value is -3.80. The molecular formula is C31H43BN4O7. The van der Waals surface area contributed by atoms with Gasteiger partial charge in [-0.05, 0) is 29.7 Å². The van der Waals surface area contributed by atoms with Gasteiger partial charge in [0.25, 0.3) is 11.9 Å². The number of esters is 1. The summed E-state index contributed by atoms with van der Waals surface area (Å²) in [5, 5.41) is 5.66. The van der Waals surface area contributed by atoms with Gasteiger partial charge < -0.3 is 24.7 Å². The van der Waals surface area contributed by atoms with E-state index in [1.165, 1.54) is 18.6 Å². The number of hydrogen-bond donors (Lipinski definition) is 2. The maximum atomic E-state index is 13.7. The Balaban J connectivity index is 1.75. The maximum Gasteiger partial charge on any atom is 0.551 e. The molecule has 1 aliphatic rings. The van der Waals surface area contributed by atoms with Crippen LogP contribution in [-0.2, 0) is 34.9 Å². The lowest BCUT2D eigenvalue weighted by Gasteiger charge is -2.33. The van der Waals surface area contributed by atoms with E-state index in [4.69, 9.17) is 14.0 Å². The molecule has 12 heteroatoms. The molecule has 0 radical (unpaired) electrons. The number of amides is 2. The summed E-state index contributed by atoms with van der Waals surface area (Å²) in [6.07, 6.45) is 6.24. The molecule has 1 aromatic carbocycles. The first-order valence-corrected chi connectivity index (χ1v) is 14.9. The van der Waals surface area contributed by atoms with E-state index in [2.05, 4.69) is 27.5 Å². The first-order chi connectivity index (χ1) is 20.5. The summed E-state index contributed by atoms with van der Waals surface area (Å²) in [4.78, 5) is 60.1. The molecule has 1 aromatic heterocycles. The molecule has 0 spiro atoms. The SMILES string of the molecule is CCCCC(C)(C)COC(=O)[C@H]1CC(=O)OB([C@H](CC(C)C)NC(=O)[C@H](Cc2ccccc2)NC(=O)c2cnccn2)O1. The van der Waals surface area contributed by atoms with Crippen LogP contribution in [0.1, 0.15) is 82.8 Å². The fourth-order valence-electron chi connectivity index (χ4n) is 4.71. The lowest BCUT2D eigenvalue weighted by atomic mass is 9.72. The van der Waals surface area contributed by atoms with Crippen LogP contribution in [0.3, 0.4) is 0 Å². The molecule has 0 bridgehead atoms. The van der Waals surface area contributed by atoms with E-state index in [0.29, 0.717) is 6.42 Å². The number of hydrogen-bond acceptors (Lipinski definition) is 9. The highest BCUT2D eigenvalue weighted by atomic mass is 16.7. The quantitative estimate of drug-likeness (QED) is 0.234. The van der Waals surface area contributed by atoms with Crippen molar-refractivity contribution in [2.75, 3.05) is 6.61 Å². The third-order valence-corrected chi connectivity index (χ3v) is 7.06. The van der Waals surface area contributed by atoms with Crippen LogP contribution in [0, 0.1) is 11.3 Å². The molecule has 3 atom stereocenters. The van der Waals surface area contributed by atoms with Crippen LogP contribution in [0.5, 0.6) is 0 Å². The Bertz CT molecular complexity index is 1210. The molecule has 11 nitrogen and oxygen atoms in total. The van der Waals surface area contributed by atoms with E-state index in [0.717, 1.165) is 24.8 Å². The number of aromatic nitrogens is 2. The molecular weight excluding hydrogens is 551 g/mol. The molecule has 43 heavy (non-hydrogen) atoms. The van der Waals surface area contributed by atoms with E-state index >= 15 is 0 Å². The normalized spacial score (nSPS) is 16.7. The smallest absolute Gasteiger partial charge is 0.508 e. The van der Waals surface area contributed by atoms with Gasteiger partial charge in [-0.2, -0.15) is 0 Å². The van der Waals surface area contributed by atoms with Gasteiger partial charge in [-0.15, -0.1) is 0 Å². The van der Waals surface area contributed by atoms with E-state index < -0.39 is 49.0 Å². The van der Waals surface area contributed by atoms with E-state index in [1.54, 1.807) is 0 Å². The lowest BCUT2D eigenvalue weighted by molar-refractivity contribution is -0.164. The van der Waals surface area contributed by atoms with Crippen molar-refractivity contribution in [3.63, 3.8) is 0 Å². The minimum Gasteiger partial charge on any atom is -0.508 e. The molecule has 2 N–H and O–H groups in total. The fourth-order valence-corrected chi connectivity index (χ4v) is 4.71. The van der Waals surface area contributed by atoms with Crippen molar-refractivity contribution >= 4 is 30.9 Å². The number of carbonyl (C=O) groups excluding carboxylic acids is 4. The van der Waals surface area contributed by atoms with Crippen molar-refractivity contribution in [1.29, 1.82) is 0 Å². The van der Waals surface area contributed by atoms with Crippen molar-refractivity contribution in [3.8, 4) is 0 Å². The number of benzene rings is 1. The Labute approximate surface area is 254 Å². The predicted octanol–water partition coefficient (Wildman–Crippen LogP) is 3.47. The van der Waals surface area contributed by atoms with Crippen molar-refractivity contribution < 1.29 is 33.2 Å². The van der Waals surface area contributed by atoms with Gasteiger partial charge in [0.1, 0.15) is 11.7 Å². The lowest BCUT2D eigenvalue weighted by Crippen LogP contribution is -2.59. The number of carbonyl (C=O) groups is 4. The zero-order valence-electron chi connectivity index (χ0n) is 25.7. The monoisotopic (exact) mass is 594 g/mol. The standard InChI is InChI=1S/C31H43BN4O7/c1-6-7-13-31(4,5)20-41-30(40)25-18-27(37)43-32(42-25)26(16-21(2)3)36-28(38)23(17-22-11-9-8-10-12-22)35-29(39)24-19-33-14-15-34-24/h8-12,14-15,19,21,23,25-26H,6-7,13,16-18,20H2,1-5H3,(H,35,39)(H,36,38)/t23-,25+,26-/m0/s1. The van der Waals surface area contributed by atoms with Crippen LogP contribution in [0.4, 0.5) is 0 Å². The highest BCUT2D eigenvalue weighted by Gasteiger charge is 2.45. The summed E-state index contributed by atoms with van der Waals surface area (Å²) < 4.78 is 17.0. The summed E-state index contributed by atoms with van der Waals surface area (Å²) in [6, 6.07) is 8.26. The summed E-state index contributed by atoms with van der Waals surface area (Å²) in [6.45, 7) is 10.3. The number of nitrogens with one attached hydrogen (secondary N) is 2. The average molecular weight is 595 g/mol. The molecule has 2 aromatic rings. The fraction of sp³-hybridized carbons (Fsp3) is 0.548. The van der Waals surface area contributed by atoms with Gasteiger partial charge in [-0.3, -0.25) is 19.4 Å². The number of ether oxygens (including phenoxy) is 1. The van der Waals surface area contributed by atoms with Crippen LogP contribution >= 0.6 is 0 Å². The van der Waals surface area contributed by atoms with Crippen LogP contribution < -0.4 is 10.6 Å². The van der Waals surface area contributed by atoms with Crippen molar-refractivity contribution in [3.05, 3.63) is 60.2 Å². The molecule has 2 heterocycles. The summed E-state index contributed by atoms with van der Waals surface area (Å²) in [5.74, 6) is -3.05. The summed E-state index contributed by atoms with van der Waals surface area (Å²) >= 11 is 0. The van der Waals surface area contributed by atoms with Gasteiger partial charge in [0.2, 0.25) is 5.91 Å². The predicted molar refractivity (Wildman–Crippen MR) is 160 cm³/mol. The Morgan fingerprint density at radius 1 is 1.14 bits per heavy atom. The second kappa shape index (κ2) is 16.2.